The Morgan fingerprint density at radius 3 is 2.30 bits per heavy atom. The van der Waals surface area contributed by atoms with Gasteiger partial charge in [-0.25, -0.2) is 0 Å². The molecule has 0 atom stereocenters. The van der Waals surface area contributed by atoms with Gasteiger partial charge in [-0.1, -0.05) is 43.9 Å². The van der Waals surface area contributed by atoms with Crippen molar-refractivity contribution in [1.82, 2.24) is 4.90 Å². The van der Waals surface area contributed by atoms with Crippen LogP contribution in [-0.2, 0) is 0 Å². The molecule has 0 N–H and O–H groups in total. The lowest BCUT2D eigenvalue weighted by atomic mass is 9.94. The lowest BCUT2D eigenvalue weighted by Gasteiger charge is -2.35. The lowest BCUT2D eigenvalue weighted by molar-refractivity contribution is 0.167. The first-order valence-corrected chi connectivity index (χ1v) is 10.7. The van der Waals surface area contributed by atoms with Crippen molar-refractivity contribution in [2.45, 2.75) is 52.0 Å². The predicted octanol–water partition coefficient (Wildman–Crippen LogP) is 4.82. The van der Waals surface area contributed by atoms with E-state index in [2.05, 4.69) is 54.2 Å². The van der Waals surface area contributed by atoms with E-state index >= 15 is 0 Å². The van der Waals surface area contributed by atoms with Crippen molar-refractivity contribution in [2.75, 3.05) is 43.1 Å². The van der Waals surface area contributed by atoms with E-state index in [4.69, 9.17) is 0 Å². The predicted molar refractivity (Wildman–Crippen MR) is 106 cm³/mol. The van der Waals surface area contributed by atoms with Crippen molar-refractivity contribution >= 4 is 17.4 Å². The largest absolute Gasteiger partial charge is 0.369 e. The number of aryl methyl sites for hydroxylation is 1. The molecule has 130 valence electrons. The number of anilines is 1. The summed E-state index contributed by atoms with van der Waals surface area (Å²) in [5, 5.41) is 0. The summed E-state index contributed by atoms with van der Waals surface area (Å²) in [4.78, 5) is 5.29. The van der Waals surface area contributed by atoms with E-state index in [1.165, 1.54) is 62.2 Å². The van der Waals surface area contributed by atoms with Crippen LogP contribution in [0.1, 0.15) is 44.6 Å². The second kappa shape index (κ2) is 10.2. The van der Waals surface area contributed by atoms with Gasteiger partial charge in [0, 0.05) is 37.1 Å². The number of hydrogen-bond acceptors (Lipinski definition) is 3. The Labute approximate surface area is 147 Å². The van der Waals surface area contributed by atoms with Gasteiger partial charge in [0.05, 0.1) is 0 Å². The molecule has 0 bridgehead atoms. The van der Waals surface area contributed by atoms with Gasteiger partial charge in [-0.2, -0.15) is 11.8 Å². The van der Waals surface area contributed by atoms with Crippen LogP contribution in [0.25, 0.3) is 0 Å². The Morgan fingerprint density at radius 1 is 1.00 bits per heavy atom. The summed E-state index contributed by atoms with van der Waals surface area (Å²) in [5.74, 6) is 1.20. The highest BCUT2D eigenvalue weighted by Gasteiger charge is 2.20. The molecule has 0 aliphatic heterocycles. The van der Waals surface area contributed by atoms with Crippen molar-refractivity contribution in [2.24, 2.45) is 0 Å². The quantitative estimate of drug-likeness (QED) is 0.639. The van der Waals surface area contributed by atoms with Gasteiger partial charge in [-0.15, -0.1) is 0 Å². The molecular formula is C20H34N2S. The van der Waals surface area contributed by atoms with E-state index in [9.17, 15) is 0 Å². The van der Waals surface area contributed by atoms with Gasteiger partial charge in [0.2, 0.25) is 0 Å². The maximum Gasteiger partial charge on any atom is 0.0367 e. The minimum absolute atomic E-state index is 0.828. The van der Waals surface area contributed by atoms with Crippen LogP contribution in [-0.4, -0.2) is 49.1 Å². The number of thioether (sulfide) groups is 1. The fourth-order valence-electron chi connectivity index (χ4n) is 3.62. The zero-order valence-corrected chi connectivity index (χ0v) is 16.1. The van der Waals surface area contributed by atoms with Gasteiger partial charge in [-0.05, 0) is 44.7 Å². The summed E-state index contributed by atoms with van der Waals surface area (Å²) in [5.41, 5.74) is 2.72. The van der Waals surface area contributed by atoms with Crippen molar-refractivity contribution in [1.29, 1.82) is 0 Å². The second-order valence-electron chi connectivity index (χ2n) is 6.74. The number of nitrogens with zero attached hydrogens (tertiary/aromatic N) is 2. The monoisotopic (exact) mass is 334 g/mol. The third-order valence-corrected chi connectivity index (χ3v) is 5.71. The SMILES string of the molecule is CCN(CCN(CCSC)c1ccc(C)cc1)C1CCCCC1. The first-order valence-electron chi connectivity index (χ1n) is 9.29. The van der Waals surface area contributed by atoms with Gasteiger partial charge in [0.15, 0.2) is 0 Å². The maximum absolute atomic E-state index is 2.72. The van der Waals surface area contributed by atoms with Crippen LogP contribution in [0.2, 0.25) is 0 Å². The van der Waals surface area contributed by atoms with Gasteiger partial charge in [-0.3, -0.25) is 4.90 Å². The van der Waals surface area contributed by atoms with E-state index < -0.39 is 0 Å². The van der Waals surface area contributed by atoms with Gasteiger partial charge in [0.25, 0.3) is 0 Å². The highest BCUT2D eigenvalue weighted by atomic mass is 32.2. The van der Waals surface area contributed by atoms with E-state index in [-0.39, 0.29) is 0 Å². The summed E-state index contributed by atoms with van der Waals surface area (Å²) in [6.45, 7) is 9.17. The molecular weight excluding hydrogens is 300 g/mol. The van der Waals surface area contributed by atoms with Crippen LogP contribution in [0.4, 0.5) is 5.69 Å². The van der Waals surface area contributed by atoms with Crippen LogP contribution < -0.4 is 4.90 Å². The third-order valence-electron chi connectivity index (χ3n) is 5.12. The van der Waals surface area contributed by atoms with Gasteiger partial charge in [0.1, 0.15) is 0 Å². The fourth-order valence-corrected chi connectivity index (χ4v) is 4.02. The molecule has 2 rings (SSSR count). The highest BCUT2D eigenvalue weighted by Crippen LogP contribution is 2.23. The molecule has 0 heterocycles. The summed E-state index contributed by atoms with van der Waals surface area (Å²) < 4.78 is 0. The number of likely N-dealkylation sites (N-methyl/N-ethyl adjacent to an activating group) is 1. The van der Waals surface area contributed by atoms with E-state index in [1.807, 2.05) is 11.8 Å². The smallest absolute Gasteiger partial charge is 0.0367 e. The standard InChI is InChI=1S/C20H34N2S/c1-4-21(19-8-6-5-7-9-19)14-15-22(16-17-23-3)20-12-10-18(2)11-13-20/h10-13,19H,4-9,14-17H2,1-3H3. The molecule has 0 aromatic heterocycles. The van der Waals surface area contributed by atoms with Crippen LogP contribution in [0.3, 0.4) is 0 Å². The Morgan fingerprint density at radius 2 is 1.70 bits per heavy atom. The molecule has 0 unspecified atom stereocenters. The average Bonchev–Trinajstić information content (AvgIpc) is 2.60. The molecule has 0 spiro atoms. The molecule has 0 saturated heterocycles. The Kier molecular flexibility index (Phi) is 8.32. The Hall–Kier alpha value is -0.670. The third kappa shape index (κ3) is 6.04. The molecule has 1 aromatic rings. The minimum Gasteiger partial charge on any atom is -0.369 e. The van der Waals surface area contributed by atoms with Crippen LogP contribution in [0.5, 0.6) is 0 Å². The van der Waals surface area contributed by atoms with Crippen LogP contribution >= 0.6 is 11.8 Å². The maximum atomic E-state index is 2.72. The number of hydrogen-bond donors (Lipinski definition) is 0. The zero-order chi connectivity index (χ0) is 16.5. The average molecular weight is 335 g/mol. The summed E-state index contributed by atoms with van der Waals surface area (Å²) in [7, 11) is 0. The number of rotatable bonds is 9. The first kappa shape index (κ1) is 18.7. The molecule has 1 aliphatic rings. The summed E-state index contributed by atoms with van der Waals surface area (Å²) in [6, 6.07) is 9.87. The number of benzene rings is 1. The molecule has 1 aromatic carbocycles. The lowest BCUT2D eigenvalue weighted by Crippen LogP contribution is -2.42. The molecule has 1 saturated carbocycles. The molecule has 2 nitrogen and oxygen atoms in total. The minimum atomic E-state index is 0.828. The van der Waals surface area contributed by atoms with Gasteiger partial charge >= 0.3 is 0 Å². The van der Waals surface area contributed by atoms with Crippen LogP contribution in [0, 0.1) is 6.92 Å². The van der Waals surface area contributed by atoms with Crippen molar-refractivity contribution in [3.63, 3.8) is 0 Å². The molecule has 0 radical (unpaired) electrons. The van der Waals surface area contributed by atoms with Crippen molar-refractivity contribution in [3.05, 3.63) is 29.8 Å². The van der Waals surface area contributed by atoms with Crippen LogP contribution in [0.15, 0.2) is 24.3 Å². The Bertz CT molecular complexity index is 426. The zero-order valence-electron chi connectivity index (χ0n) is 15.3. The topological polar surface area (TPSA) is 6.48 Å². The Balaban J connectivity index is 1.94. The van der Waals surface area contributed by atoms with E-state index in [1.54, 1.807) is 0 Å². The van der Waals surface area contributed by atoms with E-state index in [0.717, 1.165) is 19.1 Å². The summed E-state index contributed by atoms with van der Waals surface area (Å²) in [6.07, 6.45) is 9.31. The molecule has 3 heteroatoms. The van der Waals surface area contributed by atoms with Crippen molar-refractivity contribution < 1.29 is 0 Å². The second-order valence-corrected chi connectivity index (χ2v) is 7.72. The molecule has 23 heavy (non-hydrogen) atoms. The molecule has 0 amide bonds. The normalized spacial score (nSPS) is 16.0. The highest BCUT2D eigenvalue weighted by molar-refractivity contribution is 7.98. The van der Waals surface area contributed by atoms with Gasteiger partial charge < -0.3 is 4.90 Å². The fraction of sp³-hybridized carbons (Fsp3) is 0.700. The molecule has 1 fully saturated rings. The first-order chi connectivity index (χ1) is 11.2. The van der Waals surface area contributed by atoms with Crippen molar-refractivity contribution in [3.8, 4) is 0 Å². The molecule has 1 aliphatic carbocycles. The summed E-state index contributed by atoms with van der Waals surface area (Å²) >= 11 is 1.94. The van der Waals surface area contributed by atoms with E-state index in [0.29, 0.717) is 0 Å².